The molecule has 1 fully saturated rings. The lowest BCUT2D eigenvalue weighted by Gasteiger charge is -2.00. The highest BCUT2D eigenvalue weighted by Gasteiger charge is 2.61. The zero-order valence-electron chi connectivity index (χ0n) is 10.1. The predicted octanol–water partition coefficient (Wildman–Crippen LogP) is 1.36. The molecule has 0 aromatic carbocycles. The van der Waals surface area contributed by atoms with Crippen LogP contribution in [-0.4, -0.2) is 23.7 Å². The third kappa shape index (κ3) is 2.47. The van der Waals surface area contributed by atoms with E-state index in [1.54, 1.807) is 26.8 Å². The minimum atomic E-state index is -0.905. The van der Waals surface area contributed by atoms with Gasteiger partial charge in [-0.15, -0.1) is 0 Å². The monoisotopic (exact) mass is 237 g/mol. The van der Waals surface area contributed by atoms with Crippen molar-refractivity contribution < 1.29 is 19.4 Å². The smallest absolute Gasteiger partial charge is 0.348 e. The molecule has 0 amide bonds. The van der Waals surface area contributed by atoms with Crippen LogP contribution in [0.2, 0.25) is 0 Å². The van der Waals surface area contributed by atoms with E-state index in [9.17, 15) is 9.59 Å². The number of nitrogens with zero attached hydrogens (tertiary/aromatic N) is 1. The van der Waals surface area contributed by atoms with E-state index in [1.807, 2.05) is 0 Å². The van der Waals surface area contributed by atoms with Crippen LogP contribution >= 0.6 is 0 Å². The average Bonchev–Trinajstić information content (AvgIpc) is 2.77. The van der Waals surface area contributed by atoms with Gasteiger partial charge in [0.25, 0.3) is 0 Å². The minimum Gasteiger partial charge on any atom is -0.481 e. The molecule has 92 valence electrons. The first-order valence-corrected chi connectivity index (χ1v) is 5.38. The molecule has 1 aliphatic rings. The fourth-order valence-corrected chi connectivity index (χ4v) is 2.00. The van der Waals surface area contributed by atoms with Crippen LogP contribution in [0.4, 0.5) is 0 Å². The molecule has 1 saturated carbocycles. The van der Waals surface area contributed by atoms with E-state index in [0.717, 1.165) is 0 Å². The van der Waals surface area contributed by atoms with Gasteiger partial charge in [-0.2, -0.15) is 5.26 Å². The molecule has 2 unspecified atom stereocenters. The van der Waals surface area contributed by atoms with E-state index in [4.69, 9.17) is 15.1 Å². The number of ether oxygens (including phenoxy) is 1. The van der Waals surface area contributed by atoms with Crippen molar-refractivity contribution in [2.24, 2.45) is 17.3 Å². The number of nitriles is 1. The van der Waals surface area contributed by atoms with Gasteiger partial charge in [0.05, 0.1) is 12.5 Å². The average molecular weight is 237 g/mol. The number of allylic oxidation sites excluding steroid dienone is 1. The van der Waals surface area contributed by atoms with Gasteiger partial charge in [-0.1, -0.05) is 19.9 Å². The van der Waals surface area contributed by atoms with Gasteiger partial charge in [0.15, 0.2) is 0 Å². The van der Waals surface area contributed by atoms with Gasteiger partial charge < -0.3 is 9.84 Å². The molecule has 0 saturated heterocycles. The summed E-state index contributed by atoms with van der Waals surface area (Å²) in [5, 5.41) is 17.8. The molecule has 0 aliphatic heterocycles. The second-order valence-corrected chi connectivity index (χ2v) is 4.58. The molecule has 0 aromatic rings. The van der Waals surface area contributed by atoms with Crippen molar-refractivity contribution in [2.75, 3.05) is 6.61 Å². The van der Waals surface area contributed by atoms with Crippen LogP contribution in [-0.2, 0) is 14.3 Å². The molecule has 0 radical (unpaired) electrons. The maximum Gasteiger partial charge on any atom is 0.348 e. The van der Waals surface area contributed by atoms with Gasteiger partial charge in [-0.05, 0) is 18.3 Å². The summed E-state index contributed by atoms with van der Waals surface area (Å²) in [4.78, 5) is 22.3. The first-order chi connectivity index (χ1) is 7.86. The standard InChI is InChI=1S/C12H15NO4/c1-4-17-11(16)7(6-13)5-8-9(10(14)15)12(8,2)3/h5,8-9H,4H2,1-3H3,(H,14,15)/b7-5+. The number of carbonyl (C=O) groups is 2. The van der Waals surface area contributed by atoms with Crippen LogP contribution < -0.4 is 0 Å². The molecule has 0 bridgehead atoms. The summed E-state index contributed by atoms with van der Waals surface area (Å²) in [6.45, 7) is 5.43. The molecule has 5 heteroatoms. The predicted molar refractivity (Wildman–Crippen MR) is 58.7 cm³/mol. The lowest BCUT2D eigenvalue weighted by Crippen LogP contribution is -2.07. The fraction of sp³-hybridized carbons (Fsp3) is 0.583. The molecule has 0 heterocycles. The molecular weight excluding hydrogens is 222 g/mol. The van der Waals surface area contributed by atoms with Crippen molar-refractivity contribution >= 4 is 11.9 Å². The van der Waals surface area contributed by atoms with Crippen LogP contribution in [0.3, 0.4) is 0 Å². The first-order valence-electron chi connectivity index (χ1n) is 5.38. The Labute approximate surface area is 99.7 Å². The molecule has 17 heavy (non-hydrogen) atoms. The topological polar surface area (TPSA) is 87.4 Å². The summed E-state index contributed by atoms with van der Waals surface area (Å²) in [6, 6.07) is 1.75. The van der Waals surface area contributed by atoms with Gasteiger partial charge in [0.2, 0.25) is 0 Å². The summed E-state index contributed by atoms with van der Waals surface area (Å²) < 4.78 is 4.71. The third-order valence-electron chi connectivity index (χ3n) is 3.14. The Morgan fingerprint density at radius 2 is 2.12 bits per heavy atom. The second-order valence-electron chi connectivity index (χ2n) is 4.58. The van der Waals surface area contributed by atoms with Crippen LogP contribution in [0.1, 0.15) is 20.8 Å². The van der Waals surface area contributed by atoms with Crippen molar-refractivity contribution in [2.45, 2.75) is 20.8 Å². The lowest BCUT2D eigenvalue weighted by molar-refractivity contribution is -0.140. The highest BCUT2D eigenvalue weighted by Crippen LogP contribution is 2.59. The van der Waals surface area contributed by atoms with Crippen molar-refractivity contribution in [1.82, 2.24) is 0 Å². The summed E-state index contributed by atoms with van der Waals surface area (Å²) >= 11 is 0. The summed E-state index contributed by atoms with van der Waals surface area (Å²) in [6.07, 6.45) is 1.41. The Balaban J connectivity index is 2.86. The molecule has 2 atom stereocenters. The quantitative estimate of drug-likeness (QED) is 0.453. The van der Waals surface area contributed by atoms with Crippen LogP contribution in [0, 0.1) is 28.6 Å². The summed E-state index contributed by atoms with van der Waals surface area (Å²) in [5.74, 6) is -2.43. The van der Waals surface area contributed by atoms with Crippen molar-refractivity contribution in [3.8, 4) is 6.07 Å². The maximum absolute atomic E-state index is 11.4. The Kier molecular flexibility index (Phi) is 3.56. The van der Waals surface area contributed by atoms with Gasteiger partial charge in [-0.25, -0.2) is 4.79 Å². The molecular formula is C12H15NO4. The highest BCUT2D eigenvalue weighted by molar-refractivity contribution is 5.93. The van der Waals surface area contributed by atoms with Gasteiger partial charge in [0.1, 0.15) is 11.6 Å². The van der Waals surface area contributed by atoms with E-state index >= 15 is 0 Å². The number of carbonyl (C=O) groups excluding carboxylic acids is 1. The highest BCUT2D eigenvalue weighted by atomic mass is 16.5. The first kappa shape index (κ1) is 13.2. The Morgan fingerprint density at radius 1 is 1.53 bits per heavy atom. The number of esters is 1. The van der Waals surface area contributed by atoms with Gasteiger partial charge >= 0.3 is 11.9 Å². The Hall–Kier alpha value is -1.83. The van der Waals surface area contributed by atoms with Crippen LogP contribution in [0.5, 0.6) is 0 Å². The molecule has 1 aliphatic carbocycles. The Bertz CT molecular complexity index is 417. The number of rotatable bonds is 4. The molecule has 1 N–H and O–H groups in total. The minimum absolute atomic E-state index is 0.117. The molecule has 5 nitrogen and oxygen atoms in total. The maximum atomic E-state index is 11.4. The number of hydrogen-bond acceptors (Lipinski definition) is 4. The second kappa shape index (κ2) is 4.58. The van der Waals surface area contributed by atoms with E-state index in [-0.39, 0.29) is 18.1 Å². The summed E-state index contributed by atoms with van der Waals surface area (Å²) in [7, 11) is 0. The van der Waals surface area contributed by atoms with E-state index in [0.29, 0.717) is 0 Å². The van der Waals surface area contributed by atoms with E-state index in [1.165, 1.54) is 6.08 Å². The largest absolute Gasteiger partial charge is 0.481 e. The van der Waals surface area contributed by atoms with Crippen molar-refractivity contribution in [3.05, 3.63) is 11.6 Å². The van der Waals surface area contributed by atoms with Crippen molar-refractivity contribution in [1.29, 1.82) is 5.26 Å². The van der Waals surface area contributed by atoms with Gasteiger partial charge in [-0.3, -0.25) is 4.79 Å². The summed E-state index contributed by atoms with van der Waals surface area (Å²) in [5.41, 5.74) is -0.533. The van der Waals surface area contributed by atoms with Crippen molar-refractivity contribution in [3.63, 3.8) is 0 Å². The number of carboxylic acid groups (broad SMARTS) is 1. The third-order valence-corrected chi connectivity index (χ3v) is 3.14. The molecule has 1 rings (SSSR count). The lowest BCUT2D eigenvalue weighted by atomic mass is 10.1. The zero-order chi connectivity index (χ0) is 13.2. The van der Waals surface area contributed by atoms with Gasteiger partial charge in [0, 0.05) is 0 Å². The number of hydrogen-bond donors (Lipinski definition) is 1. The number of aliphatic carboxylic acids is 1. The number of carboxylic acids is 1. The van der Waals surface area contributed by atoms with E-state index < -0.39 is 23.3 Å². The van der Waals surface area contributed by atoms with E-state index in [2.05, 4.69) is 0 Å². The Morgan fingerprint density at radius 3 is 2.47 bits per heavy atom. The van der Waals surface area contributed by atoms with Crippen LogP contribution in [0.25, 0.3) is 0 Å². The fourth-order valence-electron chi connectivity index (χ4n) is 2.00. The molecule has 0 aromatic heterocycles. The normalized spacial score (nSPS) is 25.9. The molecule has 0 spiro atoms. The van der Waals surface area contributed by atoms with Crippen LogP contribution in [0.15, 0.2) is 11.6 Å². The SMILES string of the molecule is CCOC(=O)/C(C#N)=C/C1C(C(=O)O)C1(C)C. The zero-order valence-corrected chi connectivity index (χ0v) is 10.1.